The Balaban J connectivity index is 1.48. The minimum atomic E-state index is -4.35. The van der Waals surface area contributed by atoms with Crippen LogP contribution in [0, 0.1) is 0 Å². The van der Waals surface area contributed by atoms with Crippen molar-refractivity contribution in [2.75, 3.05) is 13.7 Å². The van der Waals surface area contributed by atoms with Crippen molar-refractivity contribution in [2.45, 2.75) is 51.5 Å². The van der Waals surface area contributed by atoms with Crippen LogP contribution in [0.25, 0.3) is 0 Å². The molecule has 1 aromatic heterocycles. The molecule has 2 heterocycles. The summed E-state index contributed by atoms with van der Waals surface area (Å²) in [5.74, 6) is 2.71. The van der Waals surface area contributed by atoms with E-state index in [1.807, 2.05) is 0 Å². The predicted octanol–water partition coefficient (Wildman–Crippen LogP) is 2.81. The van der Waals surface area contributed by atoms with Gasteiger partial charge < -0.3 is 19.9 Å². The molecule has 0 spiro atoms. The monoisotopic (exact) mass is 410 g/mol. The van der Waals surface area contributed by atoms with Gasteiger partial charge in [-0.15, -0.1) is 10.2 Å². The first-order valence-electron chi connectivity index (χ1n) is 9.58. The van der Waals surface area contributed by atoms with Crippen LogP contribution in [0.1, 0.15) is 36.5 Å². The predicted molar refractivity (Wildman–Crippen MR) is 103 cm³/mol. The van der Waals surface area contributed by atoms with Gasteiger partial charge in [-0.1, -0.05) is 18.6 Å². The average Bonchev–Trinajstić information content (AvgIpc) is 2.93. The van der Waals surface area contributed by atoms with E-state index in [0.29, 0.717) is 19.0 Å². The second-order valence-corrected chi connectivity index (χ2v) is 6.82. The summed E-state index contributed by atoms with van der Waals surface area (Å²) in [7, 11) is 1.67. The topological polar surface area (TPSA) is 76.4 Å². The summed E-state index contributed by atoms with van der Waals surface area (Å²) in [6, 6.07) is 6.46. The zero-order chi connectivity index (χ0) is 20.7. The van der Waals surface area contributed by atoms with Crippen LogP contribution in [0.4, 0.5) is 13.2 Å². The molecule has 0 fully saturated rings. The molecule has 1 aliphatic rings. The Labute approximate surface area is 167 Å². The third-order valence-electron chi connectivity index (χ3n) is 4.61. The number of aliphatic imine (C=N–C) groups is 1. The Morgan fingerprint density at radius 1 is 1.10 bits per heavy atom. The van der Waals surface area contributed by atoms with E-state index in [1.54, 1.807) is 19.2 Å². The molecule has 1 aromatic carbocycles. The van der Waals surface area contributed by atoms with Crippen LogP contribution in [-0.2, 0) is 26.1 Å². The molecule has 0 saturated carbocycles. The van der Waals surface area contributed by atoms with Crippen molar-refractivity contribution in [2.24, 2.45) is 4.99 Å². The van der Waals surface area contributed by atoms with Crippen molar-refractivity contribution < 1.29 is 17.9 Å². The molecular weight excluding hydrogens is 385 g/mol. The van der Waals surface area contributed by atoms with E-state index in [9.17, 15) is 13.2 Å². The number of alkyl halides is 3. The van der Waals surface area contributed by atoms with Crippen LogP contribution in [0.3, 0.4) is 0 Å². The van der Waals surface area contributed by atoms with Crippen molar-refractivity contribution in [3.63, 3.8) is 0 Å². The minimum absolute atomic E-state index is 0.182. The minimum Gasteiger partial charge on any atom is -0.484 e. The fourth-order valence-electron chi connectivity index (χ4n) is 3.11. The first-order chi connectivity index (χ1) is 13.9. The van der Waals surface area contributed by atoms with Gasteiger partial charge in [0.05, 0.1) is 6.54 Å². The molecule has 0 saturated heterocycles. The number of aryl methyl sites for hydroxylation is 1. The van der Waals surface area contributed by atoms with Gasteiger partial charge in [0.2, 0.25) is 0 Å². The van der Waals surface area contributed by atoms with E-state index in [-0.39, 0.29) is 5.75 Å². The Morgan fingerprint density at radius 2 is 1.86 bits per heavy atom. The van der Waals surface area contributed by atoms with Crippen molar-refractivity contribution in [1.82, 2.24) is 25.4 Å². The van der Waals surface area contributed by atoms with Crippen LogP contribution in [0.15, 0.2) is 29.3 Å². The molecule has 2 N–H and O–H groups in total. The van der Waals surface area contributed by atoms with E-state index < -0.39 is 12.8 Å². The molecule has 0 bridgehead atoms. The summed E-state index contributed by atoms with van der Waals surface area (Å²) in [5, 5.41) is 15.0. The largest absolute Gasteiger partial charge is 0.484 e. The maximum atomic E-state index is 12.2. The SMILES string of the molecule is CN=C(NCc1ccc(OCC(F)(F)F)cc1)NCc1nnc2n1CCCCC2. The summed E-state index contributed by atoms with van der Waals surface area (Å²) in [6.45, 7) is 0.621. The summed E-state index contributed by atoms with van der Waals surface area (Å²) in [5.41, 5.74) is 0.892. The molecule has 158 valence electrons. The van der Waals surface area contributed by atoms with Gasteiger partial charge in [0.1, 0.15) is 11.6 Å². The lowest BCUT2D eigenvalue weighted by molar-refractivity contribution is -0.153. The molecule has 10 heteroatoms. The van der Waals surface area contributed by atoms with Gasteiger partial charge in [0.25, 0.3) is 0 Å². The van der Waals surface area contributed by atoms with E-state index in [0.717, 1.165) is 43.0 Å². The number of benzene rings is 1. The summed E-state index contributed by atoms with van der Waals surface area (Å²) >= 11 is 0. The summed E-state index contributed by atoms with van der Waals surface area (Å²) < 4.78 is 43.5. The Kier molecular flexibility index (Phi) is 6.95. The average molecular weight is 410 g/mol. The quantitative estimate of drug-likeness (QED) is 0.566. The van der Waals surface area contributed by atoms with Crippen LogP contribution in [0.5, 0.6) is 5.75 Å². The first-order valence-corrected chi connectivity index (χ1v) is 9.58. The zero-order valence-corrected chi connectivity index (χ0v) is 16.3. The molecule has 0 amide bonds. The standard InChI is InChI=1S/C19H25F3N6O/c1-23-18(25-12-17-27-26-16-5-3-2-4-10-28(16)17)24-11-14-6-8-15(9-7-14)29-13-19(20,21)22/h6-9H,2-5,10-13H2,1H3,(H2,23,24,25). The molecule has 7 nitrogen and oxygen atoms in total. The number of guanidine groups is 1. The Hall–Kier alpha value is -2.78. The molecule has 3 rings (SSSR count). The van der Waals surface area contributed by atoms with Gasteiger partial charge in [-0.2, -0.15) is 13.2 Å². The third-order valence-corrected chi connectivity index (χ3v) is 4.61. The van der Waals surface area contributed by atoms with Gasteiger partial charge >= 0.3 is 6.18 Å². The summed E-state index contributed by atoms with van der Waals surface area (Å²) in [6.07, 6.45) is 0.103. The number of hydrogen-bond acceptors (Lipinski definition) is 4. The highest BCUT2D eigenvalue weighted by Crippen LogP contribution is 2.19. The van der Waals surface area contributed by atoms with Gasteiger partial charge in [-0.25, -0.2) is 0 Å². The smallest absolute Gasteiger partial charge is 0.422 e. The fourth-order valence-corrected chi connectivity index (χ4v) is 3.11. The molecule has 0 radical (unpaired) electrons. The Bertz CT molecular complexity index is 816. The van der Waals surface area contributed by atoms with Crippen molar-refractivity contribution in [3.05, 3.63) is 41.5 Å². The molecule has 29 heavy (non-hydrogen) atoms. The van der Waals surface area contributed by atoms with Crippen molar-refractivity contribution in [3.8, 4) is 5.75 Å². The van der Waals surface area contributed by atoms with E-state index in [4.69, 9.17) is 4.74 Å². The maximum Gasteiger partial charge on any atom is 0.422 e. The highest BCUT2D eigenvalue weighted by Gasteiger charge is 2.28. The molecule has 0 unspecified atom stereocenters. The van der Waals surface area contributed by atoms with Crippen LogP contribution >= 0.6 is 0 Å². The van der Waals surface area contributed by atoms with Gasteiger partial charge in [-0.3, -0.25) is 4.99 Å². The Morgan fingerprint density at radius 3 is 2.59 bits per heavy atom. The van der Waals surface area contributed by atoms with Crippen LogP contribution in [-0.4, -0.2) is 40.6 Å². The lowest BCUT2D eigenvalue weighted by atomic mass is 10.2. The van der Waals surface area contributed by atoms with E-state index in [1.165, 1.54) is 18.6 Å². The van der Waals surface area contributed by atoms with Crippen molar-refractivity contribution >= 4 is 5.96 Å². The number of rotatable bonds is 6. The van der Waals surface area contributed by atoms with Crippen molar-refractivity contribution in [1.29, 1.82) is 0 Å². The third kappa shape index (κ3) is 6.37. The number of fused-ring (bicyclic) bond motifs is 1. The number of nitrogens with zero attached hydrogens (tertiary/aromatic N) is 4. The van der Waals surface area contributed by atoms with Crippen LogP contribution in [0.2, 0.25) is 0 Å². The maximum absolute atomic E-state index is 12.2. The number of aromatic nitrogens is 3. The second kappa shape index (κ2) is 9.62. The highest BCUT2D eigenvalue weighted by atomic mass is 19.4. The molecule has 0 aliphatic carbocycles. The number of nitrogens with one attached hydrogen (secondary N) is 2. The normalized spacial score (nSPS) is 14.8. The fraction of sp³-hybridized carbons (Fsp3) is 0.526. The first kappa shape index (κ1) is 20.9. The van der Waals surface area contributed by atoms with E-state index in [2.05, 4.69) is 30.4 Å². The number of ether oxygens (including phenoxy) is 1. The second-order valence-electron chi connectivity index (χ2n) is 6.82. The lowest BCUT2D eigenvalue weighted by Crippen LogP contribution is -2.37. The van der Waals surface area contributed by atoms with Gasteiger partial charge in [0, 0.05) is 26.6 Å². The highest BCUT2D eigenvalue weighted by molar-refractivity contribution is 5.79. The molecule has 2 aromatic rings. The molecular formula is C19H25F3N6O. The molecule has 0 atom stereocenters. The summed E-state index contributed by atoms with van der Waals surface area (Å²) in [4.78, 5) is 4.19. The van der Waals surface area contributed by atoms with Gasteiger partial charge in [0.15, 0.2) is 18.4 Å². The van der Waals surface area contributed by atoms with Crippen LogP contribution < -0.4 is 15.4 Å². The number of halogens is 3. The van der Waals surface area contributed by atoms with Gasteiger partial charge in [-0.05, 0) is 30.5 Å². The lowest BCUT2D eigenvalue weighted by Gasteiger charge is -2.13. The number of hydrogen-bond donors (Lipinski definition) is 2. The molecule has 1 aliphatic heterocycles. The zero-order valence-electron chi connectivity index (χ0n) is 16.3. The van der Waals surface area contributed by atoms with E-state index >= 15 is 0 Å².